The van der Waals surface area contributed by atoms with Crippen molar-refractivity contribution < 1.29 is 13.8 Å². The minimum Gasteiger partial charge on any atom is -0.360 e. The number of benzene rings is 1. The first kappa shape index (κ1) is 16.2. The van der Waals surface area contributed by atoms with E-state index in [1.165, 1.54) is 12.1 Å². The molecule has 6 nitrogen and oxygen atoms in total. The molecule has 0 bridgehead atoms. The monoisotopic (exact) mass is 355 g/mol. The van der Waals surface area contributed by atoms with E-state index in [9.17, 15) is 8.78 Å². The van der Waals surface area contributed by atoms with Crippen LogP contribution in [0.2, 0.25) is 0 Å². The highest BCUT2D eigenvalue weighted by Crippen LogP contribution is 2.23. The number of hydrogen-bond acceptors (Lipinski definition) is 3. The lowest BCUT2D eigenvalue weighted by Gasteiger charge is -2.14. The van der Waals surface area contributed by atoms with E-state index >= 15 is 0 Å². The summed E-state index contributed by atoms with van der Waals surface area (Å²) < 4.78 is 28.8. The summed E-state index contributed by atoms with van der Waals surface area (Å²) in [6, 6.07) is 8.76. The molecule has 0 radical (unpaired) electrons. The van der Waals surface area contributed by atoms with Crippen molar-refractivity contribution in [2.45, 2.75) is 19.9 Å². The third-order valence-electron chi connectivity index (χ3n) is 4.18. The predicted molar refractivity (Wildman–Crippen MR) is 92.5 cm³/mol. The van der Waals surface area contributed by atoms with Crippen molar-refractivity contribution in [2.75, 3.05) is 5.32 Å². The second-order valence-electron chi connectivity index (χ2n) is 6.16. The molecule has 0 saturated carbocycles. The maximum Gasteiger partial charge on any atom is 0.305 e. The fourth-order valence-corrected chi connectivity index (χ4v) is 2.88. The van der Waals surface area contributed by atoms with Crippen molar-refractivity contribution in [1.82, 2.24) is 19.8 Å². The third kappa shape index (κ3) is 2.90. The normalized spacial score (nSPS) is 12.5. The molecule has 0 aliphatic rings. The molecule has 0 aliphatic heterocycles. The van der Waals surface area contributed by atoms with Crippen LogP contribution in [0.25, 0.3) is 17.0 Å². The van der Waals surface area contributed by atoms with Crippen LogP contribution in [-0.2, 0) is 0 Å². The Labute approximate surface area is 147 Å². The van der Waals surface area contributed by atoms with Crippen LogP contribution in [0.15, 0.2) is 42.6 Å². The molecule has 0 unspecified atom stereocenters. The first-order chi connectivity index (χ1) is 12.5. The van der Waals surface area contributed by atoms with Crippen molar-refractivity contribution in [3.05, 3.63) is 65.5 Å². The van der Waals surface area contributed by atoms with Gasteiger partial charge in [0.25, 0.3) is 0 Å². The van der Waals surface area contributed by atoms with Gasteiger partial charge in [-0.2, -0.15) is 5.10 Å². The molecule has 0 spiro atoms. The lowest BCUT2D eigenvalue weighted by molar-refractivity contribution is -0.343. The van der Waals surface area contributed by atoms with Crippen molar-refractivity contribution in [1.29, 1.82) is 0 Å². The third-order valence-corrected chi connectivity index (χ3v) is 4.18. The van der Waals surface area contributed by atoms with E-state index in [4.69, 9.17) is 0 Å². The van der Waals surface area contributed by atoms with Gasteiger partial charge < -0.3 is 5.32 Å². The van der Waals surface area contributed by atoms with Crippen molar-refractivity contribution in [3.8, 4) is 11.4 Å². The van der Waals surface area contributed by atoms with Crippen LogP contribution < -0.4 is 10.3 Å². The molecule has 132 valence electrons. The van der Waals surface area contributed by atoms with Crippen LogP contribution in [0.4, 0.5) is 14.6 Å². The largest absolute Gasteiger partial charge is 0.360 e. The number of anilines is 1. The molecule has 0 aliphatic carbocycles. The van der Waals surface area contributed by atoms with Gasteiger partial charge in [-0.3, -0.25) is 5.10 Å². The molecule has 0 saturated heterocycles. The Morgan fingerprint density at radius 1 is 1.19 bits per heavy atom. The summed E-state index contributed by atoms with van der Waals surface area (Å²) in [7, 11) is 0. The van der Waals surface area contributed by atoms with Crippen molar-refractivity contribution >= 4 is 11.5 Å². The molecular weight excluding hydrogens is 338 g/mol. The average molecular weight is 355 g/mol. The second kappa shape index (κ2) is 6.21. The Morgan fingerprint density at radius 3 is 2.77 bits per heavy atom. The summed E-state index contributed by atoms with van der Waals surface area (Å²) in [6.07, 6.45) is 1.82. The van der Waals surface area contributed by atoms with Gasteiger partial charge in [0.2, 0.25) is 5.69 Å². The number of aromatic nitrogens is 5. The highest BCUT2D eigenvalue weighted by Gasteiger charge is 2.19. The van der Waals surface area contributed by atoms with Gasteiger partial charge in [-0.1, -0.05) is 15.7 Å². The van der Waals surface area contributed by atoms with E-state index < -0.39 is 11.6 Å². The molecule has 8 heteroatoms. The molecule has 3 aromatic heterocycles. The molecule has 4 rings (SSSR count). The van der Waals surface area contributed by atoms with E-state index in [2.05, 4.69) is 25.6 Å². The highest BCUT2D eigenvalue weighted by atomic mass is 19.1. The first-order valence-corrected chi connectivity index (χ1v) is 8.15. The summed E-state index contributed by atoms with van der Waals surface area (Å²) >= 11 is 0. The van der Waals surface area contributed by atoms with E-state index in [1.54, 1.807) is 17.5 Å². The topological polar surface area (TPSA) is 72.2 Å². The Morgan fingerprint density at radius 2 is 2.04 bits per heavy atom. The zero-order valence-corrected chi connectivity index (χ0v) is 14.2. The van der Waals surface area contributed by atoms with E-state index in [0.29, 0.717) is 11.4 Å². The van der Waals surface area contributed by atoms with Gasteiger partial charge in [0.05, 0.1) is 6.04 Å². The maximum atomic E-state index is 14.0. The number of aryl methyl sites for hydroxylation is 1. The minimum absolute atomic E-state index is 0.371. The smallest absolute Gasteiger partial charge is 0.305 e. The molecular formula is C18H17F2N6+. The number of rotatable bonds is 4. The quantitative estimate of drug-likeness (QED) is 0.590. The fourth-order valence-electron chi connectivity index (χ4n) is 2.88. The number of nitrogens with one attached hydrogen (secondary N) is 3. The van der Waals surface area contributed by atoms with Crippen LogP contribution in [-0.4, -0.2) is 19.8 Å². The van der Waals surface area contributed by atoms with Gasteiger partial charge in [-0.05, 0) is 32.0 Å². The number of aromatic amines is 2. The average Bonchev–Trinajstić information content (AvgIpc) is 3.20. The summed E-state index contributed by atoms with van der Waals surface area (Å²) in [5, 5.41) is 14.9. The van der Waals surface area contributed by atoms with Crippen LogP contribution >= 0.6 is 0 Å². The standard InChI is InChI=1S/C18H16F2N6/c1-10-7-15(24-23-10)16-9-21-18-6-5-17(25-26(16)18)22-11(2)13-4-3-12(19)8-14(13)20/h3-9,11H,1-2H3,(H,22,25)(H,23,24)/p+1/t11-/m0/s1. The summed E-state index contributed by atoms with van der Waals surface area (Å²) in [5.74, 6) is -0.625. The molecule has 4 aromatic rings. The van der Waals surface area contributed by atoms with Gasteiger partial charge in [-0.25, -0.2) is 13.8 Å². The van der Waals surface area contributed by atoms with Crippen LogP contribution in [0, 0.1) is 18.6 Å². The van der Waals surface area contributed by atoms with Crippen molar-refractivity contribution in [2.24, 2.45) is 0 Å². The van der Waals surface area contributed by atoms with E-state index in [-0.39, 0.29) is 6.04 Å². The predicted octanol–water partition coefficient (Wildman–Crippen LogP) is 3.30. The summed E-state index contributed by atoms with van der Waals surface area (Å²) in [4.78, 5) is 3.14. The molecule has 3 heterocycles. The van der Waals surface area contributed by atoms with Crippen LogP contribution in [0.1, 0.15) is 24.2 Å². The van der Waals surface area contributed by atoms with E-state index in [1.807, 2.05) is 25.3 Å². The summed E-state index contributed by atoms with van der Waals surface area (Å²) in [6.45, 7) is 3.72. The zero-order chi connectivity index (χ0) is 18.3. The molecule has 1 atom stereocenters. The maximum absolute atomic E-state index is 14.0. The Kier molecular flexibility index (Phi) is 3.87. The van der Waals surface area contributed by atoms with Crippen LogP contribution in [0.3, 0.4) is 0 Å². The zero-order valence-electron chi connectivity index (χ0n) is 14.2. The Bertz CT molecular complexity index is 1080. The fraction of sp³-hybridized carbons (Fsp3) is 0.167. The van der Waals surface area contributed by atoms with E-state index in [0.717, 1.165) is 28.8 Å². The van der Waals surface area contributed by atoms with Crippen LogP contribution in [0.5, 0.6) is 0 Å². The molecule has 3 N–H and O–H groups in total. The number of nitrogens with zero attached hydrogens (tertiary/aromatic N) is 3. The molecule has 0 fully saturated rings. The number of hydrogen-bond donors (Lipinski definition) is 2. The molecule has 1 aromatic carbocycles. The van der Waals surface area contributed by atoms with Gasteiger partial charge in [0.15, 0.2) is 5.82 Å². The lowest BCUT2D eigenvalue weighted by Crippen LogP contribution is -2.12. The number of H-pyrrole nitrogens is 2. The Hall–Kier alpha value is -3.29. The number of imidazole rings is 1. The second-order valence-corrected chi connectivity index (χ2v) is 6.16. The van der Waals surface area contributed by atoms with Crippen molar-refractivity contribution in [3.63, 3.8) is 0 Å². The minimum atomic E-state index is -0.597. The van der Waals surface area contributed by atoms with Gasteiger partial charge >= 0.3 is 5.65 Å². The highest BCUT2D eigenvalue weighted by molar-refractivity contribution is 5.57. The van der Waals surface area contributed by atoms with Gasteiger partial charge in [0.1, 0.15) is 23.5 Å². The van der Waals surface area contributed by atoms with Gasteiger partial charge in [-0.15, -0.1) is 0 Å². The summed E-state index contributed by atoms with van der Waals surface area (Å²) in [5.41, 5.74) is 3.68. The first-order valence-electron chi connectivity index (χ1n) is 8.15. The Balaban J connectivity index is 1.66. The number of halogens is 2. The molecule has 26 heavy (non-hydrogen) atoms. The number of fused-ring (bicyclic) bond motifs is 1. The SMILES string of the molecule is Cc1cc(-c2c[nH+]c3ccc(N[C@@H](C)c4ccc(F)cc4F)nn23)n[nH]1. The lowest BCUT2D eigenvalue weighted by atomic mass is 10.1. The molecule has 0 amide bonds. The van der Waals surface area contributed by atoms with Gasteiger partial charge in [0, 0.05) is 23.4 Å².